The summed E-state index contributed by atoms with van der Waals surface area (Å²) in [6, 6.07) is 7.09. The monoisotopic (exact) mass is 502 g/mol. The van der Waals surface area contributed by atoms with Crippen LogP contribution >= 0.6 is 0 Å². The average molecular weight is 503 g/mol. The SMILES string of the molecule is CC(C=CC1=C(C)CCCC1(C)C)=CC=CC(C)=CC(=O)NC(CO)C(=O)N1CCc2ccccc2C1. The summed E-state index contributed by atoms with van der Waals surface area (Å²) in [7, 11) is 0. The Labute approximate surface area is 222 Å². The maximum atomic E-state index is 12.9. The van der Waals surface area contributed by atoms with Crippen LogP contribution in [0.1, 0.15) is 65.0 Å². The van der Waals surface area contributed by atoms with Gasteiger partial charge in [0.25, 0.3) is 0 Å². The molecule has 5 nitrogen and oxygen atoms in total. The van der Waals surface area contributed by atoms with Crippen molar-refractivity contribution in [3.05, 3.63) is 94.1 Å². The topological polar surface area (TPSA) is 69.6 Å². The van der Waals surface area contributed by atoms with Crippen molar-refractivity contribution in [2.75, 3.05) is 13.2 Å². The van der Waals surface area contributed by atoms with E-state index in [1.807, 2.05) is 43.4 Å². The second kappa shape index (κ2) is 12.9. The molecule has 198 valence electrons. The molecule has 2 aliphatic rings. The minimum Gasteiger partial charge on any atom is -0.394 e. The van der Waals surface area contributed by atoms with Gasteiger partial charge < -0.3 is 15.3 Å². The van der Waals surface area contributed by atoms with Crippen LogP contribution in [0.15, 0.2) is 83.0 Å². The van der Waals surface area contributed by atoms with E-state index in [0.29, 0.717) is 13.1 Å². The Balaban J connectivity index is 1.55. The van der Waals surface area contributed by atoms with Gasteiger partial charge in [0, 0.05) is 19.2 Å². The highest BCUT2D eigenvalue weighted by molar-refractivity contribution is 5.93. The fourth-order valence-electron chi connectivity index (χ4n) is 5.19. The fourth-order valence-corrected chi connectivity index (χ4v) is 5.19. The zero-order valence-electron chi connectivity index (χ0n) is 23.0. The molecule has 1 aromatic rings. The Bertz CT molecular complexity index is 1150. The van der Waals surface area contributed by atoms with Gasteiger partial charge >= 0.3 is 0 Å². The summed E-state index contributed by atoms with van der Waals surface area (Å²) in [5, 5.41) is 12.5. The molecule has 0 aromatic heterocycles. The molecule has 2 amide bonds. The van der Waals surface area contributed by atoms with Crippen LogP contribution in [0.5, 0.6) is 0 Å². The standard InChI is InChI=1S/C32H42N2O3/c1-23(15-16-28-25(3)12-9-18-32(28,4)5)10-8-11-24(2)20-30(36)33-29(22-35)31(37)34-19-17-26-13-6-7-14-27(26)21-34/h6-8,10-11,13-16,20,29,35H,9,12,17-19,21-22H2,1-5H3,(H,33,36). The van der Waals surface area contributed by atoms with Crippen LogP contribution in [0, 0.1) is 5.41 Å². The third kappa shape index (κ3) is 7.90. The molecule has 1 atom stereocenters. The molecular formula is C32H42N2O3. The van der Waals surface area contributed by atoms with E-state index in [1.54, 1.807) is 4.90 Å². The lowest BCUT2D eigenvalue weighted by Crippen LogP contribution is -2.51. The van der Waals surface area contributed by atoms with Crippen molar-refractivity contribution in [3.8, 4) is 0 Å². The zero-order valence-corrected chi connectivity index (χ0v) is 23.0. The molecule has 1 heterocycles. The van der Waals surface area contributed by atoms with E-state index < -0.39 is 18.6 Å². The van der Waals surface area contributed by atoms with E-state index in [0.717, 1.165) is 23.1 Å². The second-order valence-corrected chi connectivity index (χ2v) is 10.9. The Morgan fingerprint density at radius 3 is 2.54 bits per heavy atom. The third-order valence-corrected chi connectivity index (χ3v) is 7.37. The van der Waals surface area contributed by atoms with E-state index in [9.17, 15) is 14.7 Å². The first-order chi connectivity index (χ1) is 17.6. The van der Waals surface area contributed by atoms with Gasteiger partial charge in [-0.05, 0) is 74.1 Å². The van der Waals surface area contributed by atoms with Crippen LogP contribution in [0.2, 0.25) is 0 Å². The lowest BCUT2D eigenvalue weighted by Gasteiger charge is -2.32. The van der Waals surface area contributed by atoms with E-state index in [1.165, 1.54) is 42.0 Å². The molecule has 0 saturated heterocycles. The maximum Gasteiger partial charge on any atom is 0.247 e. The Morgan fingerprint density at radius 1 is 1.11 bits per heavy atom. The van der Waals surface area contributed by atoms with Gasteiger partial charge in [-0.3, -0.25) is 9.59 Å². The molecule has 0 saturated carbocycles. The summed E-state index contributed by atoms with van der Waals surface area (Å²) < 4.78 is 0. The summed E-state index contributed by atoms with van der Waals surface area (Å²) in [5.74, 6) is -0.654. The van der Waals surface area contributed by atoms with Crippen molar-refractivity contribution in [2.45, 2.75) is 72.9 Å². The summed E-state index contributed by atoms with van der Waals surface area (Å²) in [5.41, 5.74) is 7.37. The number of carbonyl (C=O) groups is 2. The largest absolute Gasteiger partial charge is 0.394 e. The zero-order chi connectivity index (χ0) is 27.0. The lowest BCUT2D eigenvalue weighted by atomic mass is 9.72. The third-order valence-electron chi connectivity index (χ3n) is 7.37. The molecule has 0 radical (unpaired) electrons. The first kappa shape index (κ1) is 28.4. The van der Waals surface area contributed by atoms with Crippen LogP contribution in [0.4, 0.5) is 0 Å². The van der Waals surface area contributed by atoms with Crippen molar-refractivity contribution in [3.63, 3.8) is 0 Å². The van der Waals surface area contributed by atoms with Crippen molar-refractivity contribution < 1.29 is 14.7 Å². The quantitative estimate of drug-likeness (QED) is 0.360. The minimum atomic E-state index is -0.958. The average Bonchev–Trinajstić information content (AvgIpc) is 2.85. The molecule has 1 aromatic carbocycles. The maximum absolute atomic E-state index is 12.9. The van der Waals surface area contributed by atoms with Crippen LogP contribution in [-0.2, 0) is 22.6 Å². The number of allylic oxidation sites excluding steroid dienone is 9. The van der Waals surface area contributed by atoms with E-state index in [4.69, 9.17) is 0 Å². The number of nitrogens with one attached hydrogen (secondary N) is 1. The van der Waals surface area contributed by atoms with Gasteiger partial charge in [-0.15, -0.1) is 0 Å². The van der Waals surface area contributed by atoms with E-state index in [-0.39, 0.29) is 11.3 Å². The van der Waals surface area contributed by atoms with Gasteiger partial charge in [-0.25, -0.2) is 0 Å². The number of rotatable bonds is 8. The van der Waals surface area contributed by atoms with Gasteiger partial charge in [0.15, 0.2) is 0 Å². The number of fused-ring (bicyclic) bond motifs is 1. The van der Waals surface area contributed by atoms with Crippen molar-refractivity contribution in [1.29, 1.82) is 0 Å². The number of hydrogen-bond donors (Lipinski definition) is 2. The summed E-state index contributed by atoms with van der Waals surface area (Å²) in [6.07, 6.45) is 16.1. The molecule has 0 fully saturated rings. The number of aliphatic hydroxyl groups is 1. The normalized spacial score (nSPS) is 19.4. The van der Waals surface area contributed by atoms with Gasteiger partial charge in [0.1, 0.15) is 6.04 Å². The first-order valence-corrected chi connectivity index (χ1v) is 13.3. The molecule has 2 N–H and O–H groups in total. The van der Waals surface area contributed by atoms with Crippen molar-refractivity contribution >= 4 is 11.8 Å². The Morgan fingerprint density at radius 2 is 1.84 bits per heavy atom. The fraction of sp³-hybridized carbons (Fsp3) is 0.438. The lowest BCUT2D eigenvalue weighted by molar-refractivity contribution is -0.137. The summed E-state index contributed by atoms with van der Waals surface area (Å²) >= 11 is 0. The highest BCUT2D eigenvalue weighted by Crippen LogP contribution is 2.40. The molecule has 0 bridgehead atoms. The first-order valence-electron chi connectivity index (χ1n) is 13.3. The number of nitrogens with zero attached hydrogens (tertiary/aromatic N) is 1. The Hall–Kier alpha value is -3.18. The van der Waals surface area contributed by atoms with Crippen LogP contribution in [0.3, 0.4) is 0 Å². The molecule has 37 heavy (non-hydrogen) atoms. The minimum absolute atomic E-state index is 0.216. The van der Waals surface area contributed by atoms with Gasteiger partial charge in [0.2, 0.25) is 11.8 Å². The summed E-state index contributed by atoms with van der Waals surface area (Å²) in [6.45, 7) is 11.4. The highest BCUT2D eigenvalue weighted by atomic mass is 16.3. The van der Waals surface area contributed by atoms with Gasteiger partial charge in [-0.2, -0.15) is 0 Å². The van der Waals surface area contributed by atoms with E-state index >= 15 is 0 Å². The molecule has 1 unspecified atom stereocenters. The number of hydrogen-bond acceptors (Lipinski definition) is 3. The molecule has 3 rings (SSSR count). The molecule has 1 aliphatic carbocycles. The van der Waals surface area contributed by atoms with Crippen molar-refractivity contribution in [1.82, 2.24) is 10.2 Å². The summed E-state index contributed by atoms with van der Waals surface area (Å²) in [4.78, 5) is 27.2. The van der Waals surface area contributed by atoms with Crippen LogP contribution in [-0.4, -0.2) is 41.0 Å². The number of aliphatic hydroxyl groups excluding tert-OH is 1. The van der Waals surface area contributed by atoms with Crippen LogP contribution < -0.4 is 5.32 Å². The predicted molar refractivity (Wildman–Crippen MR) is 151 cm³/mol. The van der Waals surface area contributed by atoms with Gasteiger partial charge in [-0.1, -0.05) is 79.6 Å². The van der Waals surface area contributed by atoms with Gasteiger partial charge in [0.05, 0.1) is 6.61 Å². The highest BCUT2D eigenvalue weighted by Gasteiger charge is 2.28. The Kier molecular flexibility index (Phi) is 9.87. The molecule has 1 aliphatic heterocycles. The van der Waals surface area contributed by atoms with E-state index in [2.05, 4.69) is 51.2 Å². The predicted octanol–water partition coefficient (Wildman–Crippen LogP) is 5.58. The second-order valence-electron chi connectivity index (χ2n) is 10.9. The number of carbonyl (C=O) groups excluding carboxylic acids is 2. The molecule has 0 spiro atoms. The number of benzene rings is 1. The number of amides is 2. The van der Waals surface area contributed by atoms with Crippen molar-refractivity contribution in [2.24, 2.45) is 5.41 Å². The van der Waals surface area contributed by atoms with Crippen LogP contribution in [0.25, 0.3) is 0 Å². The molecule has 5 heteroatoms. The smallest absolute Gasteiger partial charge is 0.247 e. The molecular weight excluding hydrogens is 460 g/mol.